The Bertz CT molecular complexity index is 506. The fraction of sp³-hybridized carbons (Fsp3) is 0.625. The lowest BCUT2D eigenvalue weighted by molar-refractivity contribution is -0.157. The normalized spacial score (nSPS) is 13.6. The van der Waals surface area contributed by atoms with Crippen molar-refractivity contribution in [3.8, 4) is 0 Å². The van der Waals surface area contributed by atoms with Gasteiger partial charge in [0.05, 0.1) is 19.6 Å². The summed E-state index contributed by atoms with van der Waals surface area (Å²) < 4.78 is 10.3. The lowest BCUT2D eigenvalue weighted by Gasteiger charge is -2.29. The van der Waals surface area contributed by atoms with Crippen molar-refractivity contribution in [1.82, 2.24) is 0 Å². The van der Waals surface area contributed by atoms with Gasteiger partial charge in [-0.25, -0.2) is 0 Å². The maximum absolute atomic E-state index is 12.6. The molecule has 118 valence electrons. The highest BCUT2D eigenvalue weighted by molar-refractivity contribution is 7.12. The van der Waals surface area contributed by atoms with Gasteiger partial charge in [0.25, 0.3) is 0 Å². The van der Waals surface area contributed by atoms with Crippen molar-refractivity contribution >= 4 is 23.3 Å². The molecule has 0 bridgehead atoms. The number of aryl methyl sites for hydroxylation is 2. The fourth-order valence-electron chi connectivity index (χ4n) is 2.57. The van der Waals surface area contributed by atoms with Crippen molar-refractivity contribution in [2.24, 2.45) is 0 Å². The highest BCUT2D eigenvalue weighted by atomic mass is 32.1. The minimum absolute atomic E-state index is 0.0210. The molecular formula is C16H24O4S. The smallest absolute Gasteiger partial charge is 0.317 e. The van der Waals surface area contributed by atoms with Crippen molar-refractivity contribution in [2.75, 3.05) is 13.2 Å². The molecule has 0 fully saturated rings. The molecular weight excluding hydrogens is 288 g/mol. The van der Waals surface area contributed by atoms with E-state index in [1.54, 1.807) is 25.2 Å². The zero-order valence-corrected chi connectivity index (χ0v) is 14.3. The molecule has 0 N–H and O–H groups in total. The van der Waals surface area contributed by atoms with Crippen LogP contribution in [-0.2, 0) is 24.5 Å². The number of hydrogen-bond acceptors (Lipinski definition) is 5. The molecule has 4 nitrogen and oxygen atoms in total. The molecule has 1 heterocycles. The number of carbonyl (C=O) groups excluding carboxylic acids is 2. The lowest BCUT2D eigenvalue weighted by atomic mass is 9.75. The zero-order chi connectivity index (χ0) is 16.0. The minimum Gasteiger partial charge on any atom is -0.466 e. The third-order valence-corrected chi connectivity index (χ3v) is 4.54. The molecule has 0 amide bonds. The van der Waals surface area contributed by atoms with Crippen LogP contribution >= 0.6 is 11.3 Å². The van der Waals surface area contributed by atoms with Gasteiger partial charge in [0.2, 0.25) is 0 Å². The first-order valence-corrected chi connectivity index (χ1v) is 8.13. The van der Waals surface area contributed by atoms with Gasteiger partial charge in [-0.05, 0) is 45.7 Å². The Morgan fingerprint density at radius 3 is 2.19 bits per heavy atom. The zero-order valence-electron chi connectivity index (χ0n) is 13.4. The number of thiophene rings is 1. The summed E-state index contributed by atoms with van der Waals surface area (Å²) in [4.78, 5) is 26.7. The third-order valence-electron chi connectivity index (χ3n) is 3.58. The summed E-state index contributed by atoms with van der Waals surface area (Å²) in [7, 11) is 0. The summed E-state index contributed by atoms with van der Waals surface area (Å²) in [6.07, 6.45) is 0.523. The van der Waals surface area contributed by atoms with Crippen LogP contribution in [0.15, 0.2) is 6.07 Å². The Morgan fingerprint density at radius 2 is 1.76 bits per heavy atom. The summed E-state index contributed by atoms with van der Waals surface area (Å²) in [6.45, 7) is 10.0. The van der Waals surface area contributed by atoms with E-state index in [-0.39, 0.29) is 18.4 Å². The lowest BCUT2D eigenvalue weighted by Crippen LogP contribution is -2.40. The first-order valence-electron chi connectivity index (χ1n) is 7.31. The Kier molecular flexibility index (Phi) is 6.40. The summed E-state index contributed by atoms with van der Waals surface area (Å²) in [6, 6.07) is 1.99. The summed E-state index contributed by atoms with van der Waals surface area (Å²) in [5.41, 5.74) is -0.0593. The topological polar surface area (TPSA) is 52.6 Å². The molecule has 0 spiro atoms. The standard InChI is InChI=1S/C16H24O4S/c1-6-16(15(18)20-8-3,10-14(17)19-7-2)13-9-11(4)21-12(13)5/h9H,6-8,10H2,1-5H3. The molecule has 0 aliphatic heterocycles. The molecule has 0 saturated heterocycles. The van der Waals surface area contributed by atoms with Crippen LogP contribution in [0.2, 0.25) is 0 Å². The number of carbonyl (C=O) groups is 2. The molecule has 0 aliphatic carbocycles. The van der Waals surface area contributed by atoms with E-state index in [9.17, 15) is 9.59 Å². The predicted octanol–water partition coefficient (Wildman–Crippen LogP) is 3.53. The van der Waals surface area contributed by atoms with E-state index in [1.807, 2.05) is 26.8 Å². The molecule has 0 saturated carbocycles. The van der Waals surface area contributed by atoms with Crippen LogP contribution in [0.4, 0.5) is 0 Å². The summed E-state index contributed by atoms with van der Waals surface area (Å²) >= 11 is 1.63. The van der Waals surface area contributed by atoms with E-state index in [1.165, 1.54) is 0 Å². The van der Waals surface area contributed by atoms with E-state index in [0.717, 1.165) is 15.3 Å². The monoisotopic (exact) mass is 312 g/mol. The van der Waals surface area contributed by atoms with E-state index >= 15 is 0 Å². The van der Waals surface area contributed by atoms with Crippen molar-refractivity contribution < 1.29 is 19.1 Å². The maximum Gasteiger partial charge on any atom is 0.317 e. The molecule has 0 radical (unpaired) electrons. The van der Waals surface area contributed by atoms with Gasteiger partial charge in [-0.2, -0.15) is 0 Å². The maximum atomic E-state index is 12.6. The van der Waals surface area contributed by atoms with Crippen LogP contribution in [0.3, 0.4) is 0 Å². The molecule has 0 aromatic carbocycles. The highest BCUT2D eigenvalue weighted by Crippen LogP contribution is 2.39. The van der Waals surface area contributed by atoms with Crippen molar-refractivity contribution in [2.45, 2.75) is 52.9 Å². The van der Waals surface area contributed by atoms with Gasteiger partial charge in [-0.1, -0.05) is 6.92 Å². The van der Waals surface area contributed by atoms with Crippen LogP contribution in [0.25, 0.3) is 0 Å². The van der Waals surface area contributed by atoms with Crippen molar-refractivity contribution in [3.05, 3.63) is 21.4 Å². The minimum atomic E-state index is -0.947. The van der Waals surface area contributed by atoms with Crippen molar-refractivity contribution in [3.63, 3.8) is 0 Å². The van der Waals surface area contributed by atoms with Gasteiger partial charge in [-0.3, -0.25) is 9.59 Å². The largest absolute Gasteiger partial charge is 0.466 e. The van der Waals surface area contributed by atoms with Gasteiger partial charge < -0.3 is 9.47 Å². The van der Waals surface area contributed by atoms with Crippen molar-refractivity contribution in [1.29, 1.82) is 0 Å². The molecule has 0 aliphatic rings. The van der Waals surface area contributed by atoms with Crippen LogP contribution < -0.4 is 0 Å². The molecule has 5 heteroatoms. The number of hydrogen-bond donors (Lipinski definition) is 0. The molecule has 1 aromatic rings. The fourth-order valence-corrected chi connectivity index (χ4v) is 3.59. The highest BCUT2D eigenvalue weighted by Gasteiger charge is 2.44. The molecule has 1 aromatic heterocycles. The third kappa shape index (κ3) is 3.84. The second-order valence-electron chi connectivity index (χ2n) is 4.96. The Hall–Kier alpha value is -1.36. The van der Waals surface area contributed by atoms with E-state index < -0.39 is 5.41 Å². The van der Waals surface area contributed by atoms with Crippen LogP contribution in [-0.4, -0.2) is 25.2 Å². The Balaban J connectivity index is 3.28. The first-order chi connectivity index (χ1) is 9.91. The first kappa shape index (κ1) is 17.7. The summed E-state index contributed by atoms with van der Waals surface area (Å²) in [5, 5.41) is 0. The van der Waals surface area contributed by atoms with E-state index in [0.29, 0.717) is 19.6 Å². The molecule has 1 atom stereocenters. The average Bonchev–Trinajstić information content (AvgIpc) is 2.76. The van der Waals surface area contributed by atoms with Gasteiger partial charge >= 0.3 is 11.9 Å². The van der Waals surface area contributed by atoms with Crippen LogP contribution in [0.5, 0.6) is 0 Å². The van der Waals surface area contributed by atoms with Gasteiger partial charge in [0, 0.05) is 9.75 Å². The molecule has 21 heavy (non-hydrogen) atoms. The second-order valence-corrected chi connectivity index (χ2v) is 6.43. The van der Waals surface area contributed by atoms with E-state index in [2.05, 4.69) is 0 Å². The molecule has 1 unspecified atom stereocenters. The Labute approximate surface area is 130 Å². The SMILES string of the molecule is CCOC(=O)CC(CC)(C(=O)OCC)c1cc(C)sc1C. The Morgan fingerprint density at radius 1 is 1.14 bits per heavy atom. The predicted molar refractivity (Wildman–Crippen MR) is 83.6 cm³/mol. The van der Waals surface area contributed by atoms with Gasteiger partial charge in [0.15, 0.2) is 0 Å². The quantitative estimate of drug-likeness (QED) is 0.723. The van der Waals surface area contributed by atoms with Crippen LogP contribution in [0.1, 0.15) is 48.9 Å². The second kappa shape index (κ2) is 7.59. The summed E-state index contributed by atoms with van der Waals surface area (Å²) in [5.74, 6) is -0.711. The number of ether oxygens (including phenoxy) is 2. The number of esters is 2. The molecule has 1 rings (SSSR count). The van der Waals surface area contributed by atoms with Gasteiger partial charge in [0.1, 0.15) is 5.41 Å². The average molecular weight is 312 g/mol. The van der Waals surface area contributed by atoms with Crippen LogP contribution in [0, 0.1) is 13.8 Å². The van der Waals surface area contributed by atoms with Gasteiger partial charge in [-0.15, -0.1) is 11.3 Å². The van der Waals surface area contributed by atoms with E-state index in [4.69, 9.17) is 9.47 Å². The number of rotatable bonds is 7.